The highest BCUT2D eigenvalue weighted by molar-refractivity contribution is 7.09. The van der Waals surface area contributed by atoms with Crippen LogP contribution in [0.15, 0.2) is 60.0 Å². The molecule has 2 amide bonds. The third kappa shape index (κ3) is 10.2. The van der Waals surface area contributed by atoms with Gasteiger partial charge in [0, 0.05) is 37.9 Å². The number of thiazole rings is 1. The molecule has 0 unspecified atom stereocenters. The highest BCUT2D eigenvalue weighted by Gasteiger charge is 2.33. The van der Waals surface area contributed by atoms with Crippen LogP contribution in [0.1, 0.15) is 86.1 Å². The highest BCUT2D eigenvalue weighted by Crippen LogP contribution is 2.32. The Hall–Kier alpha value is -4.12. The van der Waals surface area contributed by atoms with Crippen LogP contribution < -0.4 is 5.32 Å². The summed E-state index contributed by atoms with van der Waals surface area (Å²) in [5.41, 5.74) is 1.86. The minimum absolute atomic E-state index is 0.00861. The molecule has 0 saturated heterocycles. The van der Waals surface area contributed by atoms with Gasteiger partial charge in [-0.05, 0) is 48.9 Å². The van der Waals surface area contributed by atoms with Crippen molar-refractivity contribution in [1.82, 2.24) is 15.2 Å². The van der Waals surface area contributed by atoms with Crippen LogP contribution >= 0.6 is 11.3 Å². The fourth-order valence-electron chi connectivity index (χ4n) is 5.47. The van der Waals surface area contributed by atoms with Crippen molar-refractivity contribution in [2.24, 2.45) is 11.8 Å². The Morgan fingerprint density at radius 2 is 1.63 bits per heavy atom. The lowest BCUT2D eigenvalue weighted by Crippen LogP contribution is -2.43. The zero-order valence-corrected chi connectivity index (χ0v) is 28.3. The van der Waals surface area contributed by atoms with Crippen molar-refractivity contribution in [2.45, 2.75) is 78.0 Å². The van der Waals surface area contributed by atoms with E-state index < -0.39 is 29.8 Å². The lowest BCUT2D eigenvalue weighted by molar-refractivity contribution is -0.148. The lowest BCUT2D eigenvalue weighted by Gasteiger charge is -2.35. The lowest BCUT2D eigenvalue weighted by atomic mass is 9.93. The van der Waals surface area contributed by atoms with E-state index in [9.17, 15) is 23.6 Å². The number of hydrogen-bond acceptors (Lipinski definition) is 8. The molecule has 0 bridgehead atoms. The molecule has 1 aromatic heterocycles. The predicted octanol–water partition coefficient (Wildman–Crippen LogP) is 6.10. The van der Waals surface area contributed by atoms with Crippen LogP contribution in [0, 0.1) is 17.7 Å². The van der Waals surface area contributed by atoms with Gasteiger partial charge in [0.15, 0.2) is 6.10 Å². The number of amides is 2. The van der Waals surface area contributed by atoms with Crippen LogP contribution in [-0.2, 0) is 30.3 Å². The summed E-state index contributed by atoms with van der Waals surface area (Å²) in [4.78, 5) is 57.4. The summed E-state index contributed by atoms with van der Waals surface area (Å²) in [5, 5.41) is 5.06. The second kappa shape index (κ2) is 17.0. The summed E-state index contributed by atoms with van der Waals surface area (Å²) in [5.74, 6) is -2.77. The zero-order chi connectivity index (χ0) is 34.0. The average Bonchev–Trinajstić information content (AvgIpc) is 3.52. The van der Waals surface area contributed by atoms with Crippen molar-refractivity contribution in [3.63, 3.8) is 0 Å². The largest absolute Gasteiger partial charge is 0.469 e. The number of methoxy groups -OCH3 is 1. The molecular weight excluding hydrogens is 609 g/mol. The number of halogens is 1. The van der Waals surface area contributed by atoms with Gasteiger partial charge in [0.25, 0.3) is 5.91 Å². The van der Waals surface area contributed by atoms with E-state index in [1.165, 1.54) is 37.5 Å². The maximum Gasteiger partial charge on any atom is 0.308 e. The number of ether oxygens (including phenoxy) is 2. The first-order valence-corrected chi connectivity index (χ1v) is 16.3. The Morgan fingerprint density at radius 3 is 2.22 bits per heavy atom. The number of rotatable bonds is 15. The van der Waals surface area contributed by atoms with Gasteiger partial charge < -0.3 is 19.7 Å². The number of carbonyl (C=O) groups excluding carboxylic acids is 4. The Balaban J connectivity index is 1.80. The van der Waals surface area contributed by atoms with Crippen LogP contribution in [0.3, 0.4) is 0 Å². The number of nitrogens with one attached hydrogen (secondary N) is 1. The molecule has 11 heteroatoms. The SMILES string of the molecule is COC(=O)[C@@H](C)C[C@H](Cc1ccccc1)NC(=O)c1csc([C@@H](C[C@H](C(C)C)N(C)C(=O)[C@@H](C)c2ccc(F)cc2)OC(C)=O)n1. The molecule has 1 N–H and O–H groups in total. The van der Waals surface area contributed by atoms with Gasteiger partial charge in [-0.15, -0.1) is 11.3 Å². The molecule has 0 spiro atoms. The van der Waals surface area contributed by atoms with Gasteiger partial charge in [-0.2, -0.15) is 0 Å². The Kier molecular flexibility index (Phi) is 13.4. The quantitative estimate of drug-likeness (QED) is 0.197. The van der Waals surface area contributed by atoms with E-state index in [0.29, 0.717) is 23.4 Å². The maximum absolute atomic E-state index is 13.5. The summed E-state index contributed by atoms with van der Waals surface area (Å²) in [6.07, 6.45) is 0.338. The van der Waals surface area contributed by atoms with Crippen molar-refractivity contribution >= 4 is 35.1 Å². The normalized spacial score (nSPS) is 14.5. The zero-order valence-electron chi connectivity index (χ0n) is 27.5. The number of aromatic nitrogens is 1. The van der Waals surface area contributed by atoms with E-state index >= 15 is 0 Å². The summed E-state index contributed by atoms with van der Waals surface area (Å²) >= 11 is 1.20. The van der Waals surface area contributed by atoms with E-state index in [-0.39, 0.29) is 47.8 Å². The van der Waals surface area contributed by atoms with Crippen molar-refractivity contribution in [1.29, 1.82) is 0 Å². The molecule has 2 aromatic carbocycles. The molecule has 0 radical (unpaired) electrons. The van der Waals surface area contributed by atoms with E-state index in [0.717, 1.165) is 5.56 Å². The molecule has 0 aliphatic heterocycles. The molecule has 0 fully saturated rings. The number of likely N-dealkylation sites (N-methyl/N-ethyl adjacent to an activating group) is 1. The minimum atomic E-state index is -0.799. The smallest absolute Gasteiger partial charge is 0.308 e. The van der Waals surface area contributed by atoms with Gasteiger partial charge in [-0.3, -0.25) is 19.2 Å². The Morgan fingerprint density at radius 1 is 0.978 bits per heavy atom. The average molecular weight is 654 g/mol. The molecule has 46 heavy (non-hydrogen) atoms. The minimum Gasteiger partial charge on any atom is -0.469 e. The van der Waals surface area contributed by atoms with Crippen LogP contribution in [0.4, 0.5) is 4.39 Å². The third-order valence-corrected chi connectivity index (χ3v) is 8.99. The molecule has 1 heterocycles. The Labute approximate surface area is 274 Å². The third-order valence-electron chi connectivity index (χ3n) is 8.05. The van der Waals surface area contributed by atoms with E-state index in [1.54, 1.807) is 43.3 Å². The van der Waals surface area contributed by atoms with Gasteiger partial charge >= 0.3 is 11.9 Å². The van der Waals surface area contributed by atoms with Gasteiger partial charge in [-0.1, -0.05) is 63.2 Å². The number of nitrogens with zero attached hydrogens (tertiary/aromatic N) is 2. The first-order chi connectivity index (χ1) is 21.8. The van der Waals surface area contributed by atoms with Gasteiger partial charge in [-0.25, -0.2) is 9.37 Å². The molecule has 5 atom stereocenters. The summed E-state index contributed by atoms with van der Waals surface area (Å²) in [7, 11) is 3.05. The van der Waals surface area contributed by atoms with Gasteiger partial charge in [0.2, 0.25) is 5.91 Å². The maximum atomic E-state index is 13.5. The fraction of sp³-hybridized carbons (Fsp3) is 0.457. The van der Waals surface area contributed by atoms with Gasteiger partial charge in [0.05, 0.1) is 18.9 Å². The highest BCUT2D eigenvalue weighted by atomic mass is 32.1. The van der Waals surface area contributed by atoms with Crippen molar-refractivity contribution < 1.29 is 33.0 Å². The standard InChI is InChI=1S/C35H44FN3O6S/c1-21(2)30(39(6)34(42)23(4)26-13-15-27(36)16-14-26)19-31(45-24(5)40)33-38-29(20-46-33)32(41)37-28(17-22(3)35(43)44-7)18-25-11-9-8-10-12-25/h8-16,20-23,28,30-31H,17-19H2,1-7H3,(H,37,41)/t22-,23-,28+,30+,31+/m0/s1. The molecular formula is C35H44FN3O6S. The molecule has 248 valence electrons. The summed E-state index contributed by atoms with van der Waals surface area (Å²) in [6.45, 7) is 8.79. The monoisotopic (exact) mass is 653 g/mol. The molecule has 0 saturated carbocycles. The van der Waals surface area contributed by atoms with Crippen molar-refractivity contribution in [3.05, 3.63) is 87.6 Å². The van der Waals surface area contributed by atoms with Crippen LogP contribution in [0.2, 0.25) is 0 Å². The van der Waals surface area contributed by atoms with Crippen LogP contribution in [0.5, 0.6) is 0 Å². The molecule has 3 aromatic rings. The van der Waals surface area contributed by atoms with Crippen LogP contribution in [-0.4, -0.2) is 59.9 Å². The first kappa shape index (κ1) is 36.3. The predicted molar refractivity (Wildman–Crippen MR) is 175 cm³/mol. The molecule has 3 rings (SSSR count). The van der Waals surface area contributed by atoms with Crippen molar-refractivity contribution in [2.75, 3.05) is 14.2 Å². The molecule has 9 nitrogen and oxygen atoms in total. The number of hydrogen-bond donors (Lipinski definition) is 1. The number of esters is 2. The Bertz CT molecular complexity index is 1460. The van der Waals surface area contributed by atoms with E-state index in [2.05, 4.69) is 10.3 Å². The molecule has 0 aliphatic carbocycles. The topological polar surface area (TPSA) is 115 Å². The fourth-order valence-corrected chi connectivity index (χ4v) is 6.31. The number of benzene rings is 2. The summed E-state index contributed by atoms with van der Waals surface area (Å²) < 4.78 is 24.1. The van der Waals surface area contributed by atoms with Gasteiger partial charge in [0.1, 0.15) is 16.5 Å². The second-order valence-electron chi connectivity index (χ2n) is 12.0. The second-order valence-corrected chi connectivity index (χ2v) is 12.8. The first-order valence-electron chi connectivity index (χ1n) is 15.4. The molecule has 0 aliphatic rings. The van der Waals surface area contributed by atoms with Crippen LogP contribution in [0.25, 0.3) is 0 Å². The van der Waals surface area contributed by atoms with E-state index in [1.807, 2.05) is 44.2 Å². The number of carbonyl (C=O) groups is 4. The van der Waals surface area contributed by atoms with E-state index in [4.69, 9.17) is 9.47 Å². The summed E-state index contributed by atoms with van der Waals surface area (Å²) in [6, 6.07) is 14.8. The van der Waals surface area contributed by atoms with Crippen molar-refractivity contribution in [3.8, 4) is 0 Å².